The maximum absolute atomic E-state index is 12.5. The van der Waals surface area contributed by atoms with Crippen LogP contribution in [-0.2, 0) is 36.7 Å². The third kappa shape index (κ3) is 4.25. The summed E-state index contributed by atoms with van der Waals surface area (Å²) in [7, 11) is -1.39. The average molecular weight is 406 g/mol. The SMILES string of the molecule is CC(N)(N)CCN1CC(S(=O)NC(=O)Nc2c3c(cc4c2CCC4)CCC3)C1. The number of hydrogen-bond acceptors (Lipinski definition) is 5. The quantitative estimate of drug-likeness (QED) is 0.531. The molecule has 1 aromatic rings. The smallest absolute Gasteiger partial charge is 0.314 e. The Morgan fingerprint density at radius 1 is 1.18 bits per heavy atom. The van der Waals surface area contributed by atoms with Gasteiger partial charge in [-0.1, -0.05) is 6.07 Å². The number of anilines is 1. The molecule has 3 aliphatic rings. The van der Waals surface area contributed by atoms with E-state index in [-0.39, 0.29) is 11.3 Å². The lowest BCUT2D eigenvalue weighted by Crippen LogP contribution is -2.58. The van der Waals surface area contributed by atoms with Gasteiger partial charge in [-0.3, -0.25) is 4.72 Å². The molecule has 0 saturated carbocycles. The second-order valence-corrected chi connectivity index (χ2v) is 10.2. The molecule has 1 atom stereocenters. The highest BCUT2D eigenvalue weighted by molar-refractivity contribution is 7.84. The Morgan fingerprint density at radius 3 is 2.36 bits per heavy atom. The molecule has 7 nitrogen and oxygen atoms in total. The fraction of sp³-hybridized carbons (Fsp3) is 0.650. The van der Waals surface area contributed by atoms with Gasteiger partial charge in [-0.05, 0) is 74.1 Å². The number of benzene rings is 1. The zero-order valence-electron chi connectivity index (χ0n) is 16.6. The average Bonchev–Trinajstić information content (AvgIpc) is 3.20. The van der Waals surface area contributed by atoms with Crippen molar-refractivity contribution in [2.24, 2.45) is 11.5 Å². The summed E-state index contributed by atoms with van der Waals surface area (Å²) >= 11 is 0. The molecular weight excluding hydrogens is 374 g/mol. The number of urea groups is 1. The normalized spacial score (nSPS) is 20.4. The van der Waals surface area contributed by atoms with Crippen LogP contribution in [0.5, 0.6) is 0 Å². The topological polar surface area (TPSA) is 113 Å². The van der Waals surface area contributed by atoms with E-state index in [9.17, 15) is 9.00 Å². The number of nitrogens with one attached hydrogen (secondary N) is 2. The number of rotatable bonds is 6. The van der Waals surface area contributed by atoms with E-state index in [0.29, 0.717) is 19.5 Å². The monoisotopic (exact) mass is 405 g/mol. The van der Waals surface area contributed by atoms with Crippen molar-refractivity contribution in [1.82, 2.24) is 9.62 Å². The molecule has 2 aliphatic carbocycles. The first kappa shape index (κ1) is 19.8. The van der Waals surface area contributed by atoms with Crippen LogP contribution >= 0.6 is 0 Å². The number of nitrogens with zero attached hydrogens (tertiary/aromatic N) is 1. The van der Waals surface area contributed by atoms with E-state index in [2.05, 4.69) is 21.0 Å². The van der Waals surface area contributed by atoms with Crippen molar-refractivity contribution in [3.05, 3.63) is 28.3 Å². The van der Waals surface area contributed by atoms with Crippen LogP contribution in [0.25, 0.3) is 0 Å². The summed E-state index contributed by atoms with van der Waals surface area (Å²) in [5.74, 6) is 0. The fourth-order valence-electron chi connectivity index (χ4n) is 4.52. The predicted molar refractivity (Wildman–Crippen MR) is 112 cm³/mol. The van der Waals surface area contributed by atoms with Gasteiger partial charge in [0.15, 0.2) is 0 Å². The van der Waals surface area contributed by atoms with Crippen LogP contribution in [0.1, 0.15) is 48.4 Å². The maximum Gasteiger partial charge on any atom is 0.331 e. The van der Waals surface area contributed by atoms with Gasteiger partial charge in [0, 0.05) is 25.3 Å². The number of aryl methyl sites for hydroxylation is 2. The molecule has 6 N–H and O–H groups in total. The number of hydrogen-bond donors (Lipinski definition) is 4. The van der Waals surface area contributed by atoms with Crippen LogP contribution in [0, 0.1) is 0 Å². The molecule has 0 radical (unpaired) electrons. The molecule has 2 amide bonds. The lowest BCUT2D eigenvalue weighted by Gasteiger charge is -2.39. The molecule has 1 saturated heterocycles. The molecule has 4 rings (SSSR count). The van der Waals surface area contributed by atoms with Gasteiger partial charge in [-0.15, -0.1) is 0 Å². The van der Waals surface area contributed by atoms with Gasteiger partial charge in [0.1, 0.15) is 11.0 Å². The Hall–Kier alpha value is -1.48. The molecule has 1 unspecified atom stereocenters. The molecule has 0 aromatic heterocycles. The molecule has 1 aliphatic heterocycles. The van der Waals surface area contributed by atoms with E-state index in [1.54, 1.807) is 6.92 Å². The zero-order chi connectivity index (χ0) is 19.9. The third-order valence-corrected chi connectivity index (χ3v) is 7.39. The molecule has 0 bridgehead atoms. The first-order valence-corrected chi connectivity index (χ1v) is 11.5. The Morgan fingerprint density at radius 2 is 1.79 bits per heavy atom. The van der Waals surface area contributed by atoms with Crippen molar-refractivity contribution in [1.29, 1.82) is 0 Å². The highest BCUT2D eigenvalue weighted by Gasteiger charge is 2.33. The lowest BCUT2D eigenvalue weighted by molar-refractivity contribution is 0.171. The Kier molecular flexibility index (Phi) is 5.48. The van der Waals surface area contributed by atoms with Crippen molar-refractivity contribution >= 4 is 22.7 Å². The number of carbonyl (C=O) groups excluding carboxylic acids is 1. The van der Waals surface area contributed by atoms with Gasteiger partial charge in [0.25, 0.3) is 0 Å². The molecule has 1 fully saturated rings. The standard InChI is InChI=1S/C20H31N5O2S/c1-20(21,22)8-9-25-11-15(12-25)28(27)24-19(26)23-18-16-6-2-4-13(16)10-14-5-3-7-17(14)18/h10,15H,2-9,11-12,21-22H2,1H3,(H2,23,24,26). The Labute approximate surface area is 169 Å². The van der Waals surface area contributed by atoms with Crippen LogP contribution in [0.2, 0.25) is 0 Å². The van der Waals surface area contributed by atoms with E-state index in [1.807, 2.05) is 0 Å². The molecular formula is C20H31N5O2S. The third-order valence-electron chi connectivity index (χ3n) is 6.10. The molecule has 0 spiro atoms. The number of nitrogens with two attached hydrogens (primary N) is 2. The lowest BCUT2D eigenvalue weighted by atomic mass is 9.99. The van der Waals surface area contributed by atoms with Gasteiger partial charge in [0.2, 0.25) is 0 Å². The summed E-state index contributed by atoms with van der Waals surface area (Å²) in [6, 6.07) is 1.98. The van der Waals surface area contributed by atoms with Gasteiger partial charge in [-0.2, -0.15) is 0 Å². The number of likely N-dealkylation sites (tertiary alicyclic amines) is 1. The Bertz CT molecular complexity index is 767. The second-order valence-electron chi connectivity index (χ2n) is 8.73. The first-order valence-electron chi connectivity index (χ1n) is 10.2. The van der Waals surface area contributed by atoms with Crippen molar-refractivity contribution in [2.75, 3.05) is 25.0 Å². The van der Waals surface area contributed by atoms with Gasteiger partial charge >= 0.3 is 6.03 Å². The summed E-state index contributed by atoms with van der Waals surface area (Å²) in [5.41, 5.74) is 17.2. The van der Waals surface area contributed by atoms with Gasteiger partial charge in [-0.25, -0.2) is 9.00 Å². The van der Waals surface area contributed by atoms with Crippen LogP contribution in [0.4, 0.5) is 10.5 Å². The molecule has 28 heavy (non-hydrogen) atoms. The van der Waals surface area contributed by atoms with Crippen LogP contribution in [0.3, 0.4) is 0 Å². The molecule has 1 aromatic carbocycles. The number of amides is 2. The van der Waals surface area contributed by atoms with Crippen LogP contribution in [0.15, 0.2) is 6.07 Å². The predicted octanol–water partition coefficient (Wildman–Crippen LogP) is 1.16. The van der Waals surface area contributed by atoms with Crippen molar-refractivity contribution in [3.63, 3.8) is 0 Å². The minimum absolute atomic E-state index is 0.0419. The largest absolute Gasteiger partial charge is 0.331 e. The summed E-state index contributed by atoms with van der Waals surface area (Å²) in [4.78, 5) is 14.7. The minimum Gasteiger partial charge on any atom is -0.314 e. The van der Waals surface area contributed by atoms with Crippen LogP contribution < -0.4 is 21.5 Å². The highest BCUT2D eigenvalue weighted by Crippen LogP contribution is 2.38. The van der Waals surface area contributed by atoms with E-state index in [1.165, 1.54) is 22.3 Å². The summed E-state index contributed by atoms with van der Waals surface area (Å²) in [6.07, 6.45) is 7.18. The minimum atomic E-state index is -1.39. The summed E-state index contributed by atoms with van der Waals surface area (Å²) in [6.45, 7) is 3.97. The van der Waals surface area contributed by atoms with E-state index in [0.717, 1.165) is 50.8 Å². The Balaban J connectivity index is 1.32. The highest BCUT2D eigenvalue weighted by atomic mass is 32.2. The van der Waals surface area contributed by atoms with Gasteiger partial charge in [0.05, 0.1) is 10.9 Å². The molecule has 154 valence electrons. The molecule has 8 heteroatoms. The summed E-state index contributed by atoms with van der Waals surface area (Å²) < 4.78 is 15.2. The van der Waals surface area contributed by atoms with Crippen molar-refractivity contribution in [2.45, 2.75) is 62.8 Å². The molecule has 1 heterocycles. The fourth-order valence-corrected chi connectivity index (χ4v) is 5.61. The number of fused-ring (bicyclic) bond motifs is 2. The van der Waals surface area contributed by atoms with Gasteiger partial charge < -0.3 is 21.7 Å². The zero-order valence-corrected chi connectivity index (χ0v) is 17.4. The summed E-state index contributed by atoms with van der Waals surface area (Å²) in [5, 5.41) is 3.00. The van der Waals surface area contributed by atoms with E-state index in [4.69, 9.17) is 11.5 Å². The number of carbonyl (C=O) groups is 1. The first-order chi connectivity index (χ1) is 13.3. The van der Waals surface area contributed by atoms with Crippen molar-refractivity contribution < 1.29 is 9.00 Å². The van der Waals surface area contributed by atoms with E-state index < -0.39 is 16.6 Å². The van der Waals surface area contributed by atoms with Crippen molar-refractivity contribution in [3.8, 4) is 0 Å². The van der Waals surface area contributed by atoms with E-state index >= 15 is 0 Å². The maximum atomic E-state index is 12.5. The second kappa shape index (κ2) is 7.74. The van der Waals surface area contributed by atoms with Crippen LogP contribution in [-0.4, -0.2) is 45.7 Å².